The van der Waals surface area contributed by atoms with E-state index in [-0.39, 0.29) is 36.9 Å². The van der Waals surface area contributed by atoms with E-state index in [4.69, 9.17) is 37.4 Å². The third-order valence-corrected chi connectivity index (χ3v) is 5.95. The number of nitrogens with zero attached hydrogens (tertiary/aromatic N) is 1. The average Bonchev–Trinajstić information content (AvgIpc) is 3.08. The molecule has 0 bridgehead atoms. The smallest absolute Gasteiger partial charge is 0.407 e. The maximum absolute atomic E-state index is 12.4. The quantitative estimate of drug-likeness (QED) is 0.499. The Kier molecular flexibility index (Phi) is 7.42. The molecule has 1 aliphatic heterocycles. The summed E-state index contributed by atoms with van der Waals surface area (Å²) in [7, 11) is 1.48. The van der Waals surface area contributed by atoms with Crippen LogP contribution in [0.2, 0.25) is 10.0 Å². The first-order chi connectivity index (χ1) is 13.1. The lowest BCUT2D eigenvalue weighted by molar-refractivity contribution is -0.156. The van der Waals surface area contributed by atoms with Gasteiger partial charge in [-0.2, -0.15) is 0 Å². The fourth-order valence-electron chi connectivity index (χ4n) is 3.44. The van der Waals surface area contributed by atoms with E-state index in [9.17, 15) is 14.7 Å². The summed E-state index contributed by atoms with van der Waals surface area (Å²) in [6, 6.07) is 2.60. The number of esters is 1. The largest absolute Gasteiger partial charge is 0.467 e. The number of halogens is 2. The van der Waals surface area contributed by atoms with Gasteiger partial charge in [0.15, 0.2) is 6.79 Å². The van der Waals surface area contributed by atoms with Gasteiger partial charge >= 0.3 is 12.1 Å². The second-order valence-corrected chi connectivity index (χ2v) is 7.93. The number of ether oxygens (including phenoxy) is 3. The molecule has 0 aromatic heterocycles. The van der Waals surface area contributed by atoms with Gasteiger partial charge in [0.1, 0.15) is 5.75 Å². The lowest BCUT2D eigenvalue weighted by Gasteiger charge is -2.28. The molecule has 1 amide bonds. The number of benzene rings is 1. The van der Waals surface area contributed by atoms with E-state index < -0.39 is 17.6 Å². The molecule has 1 fully saturated rings. The van der Waals surface area contributed by atoms with Crippen molar-refractivity contribution >= 4 is 35.3 Å². The number of carbonyl (C=O) groups is 2. The maximum Gasteiger partial charge on any atom is 0.407 e. The molecule has 7 nitrogen and oxygen atoms in total. The zero-order chi connectivity index (χ0) is 21.1. The van der Waals surface area contributed by atoms with Crippen LogP contribution in [0, 0.1) is 11.3 Å². The zero-order valence-electron chi connectivity index (χ0n) is 16.3. The van der Waals surface area contributed by atoms with Crippen LogP contribution in [0.5, 0.6) is 5.75 Å². The molecule has 2 atom stereocenters. The van der Waals surface area contributed by atoms with Crippen LogP contribution < -0.4 is 4.74 Å². The van der Waals surface area contributed by atoms with Crippen molar-refractivity contribution in [3.05, 3.63) is 27.7 Å². The third kappa shape index (κ3) is 4.47. The highest BCUT2D eigenvalue weighted by atomic mass is 35.5. The van der Waals surface area contributed by atoms with E-state index >= 15 is 0 Å². The number of amides is 1. The second kappa shape index (κ2) is 9.20. The van der Waals surface area contributed by atoms with Crippen molar-refractivity contribution in [2.75, 3.05) is 27.1 Å². The standard InChI is InChI=1S/C19H25Cl2NO6/c1-5-27-17(23)19(2,3)11-8-13(22(9-11)18(24)25)15-14(28-10-26-4)7-6-12(20)16(15)21/h6-7,11,13H,5,8-10H2,1-4H3,(H,24,25). The van der Waals surface area contributed by atoms with Gasteiger partial charge in [-0.1, -0.05) is 23.2 Å². The minimum absolute atomic E-state index is 0.0253. The van der Waals surface area contributed by atoms with Crippen molar-refractivity contribution in [1.82, 2.24) is 4.90 Å². The van der Waals surface area contributed by atoms with E-state index in [1.54, 1.807) is 32.9 Å². The molecule has 1 aromatic carbocycles. The first kappa shape index (κ1) is 22.6. The van der Waals surface area contributed by atoms with Crippen LogP contribution in [0.3, 0.4) is 0 Å². The first-order valence-corrected chi connectivity index (χ1v) is 9.67. The monoisotopic (exact) mass is 433 g/mol. The number of carbonyl (C=O) groups excluding carboxylic acids is 1. The van der Waals surface area contributed by atoms with Gasteiger partial charge in [-0.3, -0.25) is 4.79 Å². The molecule has 156 valence electrons. The van der Waals surface area contributed by atoms with Crippen molar-refractivity contribution in [2.45, 2.75) is 33.2 Å². The summed E-state index contributed by atoms with van der Waals surface area (Å²) in [5.41, 5.74) is -0.396. The van der Waals surface area contributed by atoms with Crippen LogP contribution in [0.15, 0.2) is 12.1 Å². The maximum atomic E-state index is 12.4. The van der Waals surface area contributed by atoms with E-state index in [0.29, 0.717) is 22.8 Å². The zero-order valence-corrected chi connectivity index (χ0v) is 17.8. The van der Waals surface area contributed by atoms with Crippen LogP contribution >= 0.6 is 23.2 Å². The minimum atomic E-state index is -1.11. The number of rotatable bonds is 7. The topological polar surface area (TPSA) is 85.3 Å². The van der Waals surface area contributed by atoms with Crippen LogP contribution in [0.1, 0.15) is 38.8 Å². The van der Waals surface area contributed by atoms with Gasteiger partial charge in [-0.05, 0) is 45.2 Å². The van der Waals surface area contributed by atoms with E-state index in [1.807, 2.05) is 0 Å². The van der Waals surface area contributed by atoms with Crippen LogP contribution in [-0.4, -0.2) is 49.1 Å². The molecule has 0 aliphatic carbocycles. The fourth-order valence-corrected chi connectivity index (χ4v) is 3.88. The molecule has 1 aromatic rings. The summed E-state index contributed by atoms with van der Waals surface area (Å²) in [5.74, 6) is -0.237. The molecule has 0 spiro atoms. The third-order valence-electron chi connectivity index (χ3n) is 5.13. The Hall–Kier alpha value is -1.70. The Morgan fingerprint density at radius 2 is 2.00 bits per heavy atom. The summed E-state index contributed by atoms with van der Waals surface area (Å²) in [6.45, 7) is 5.66. The molecule has 28 heavy (non-hydrogen) atoms. The predicted octanol–water partition coefficient (Wildman–Crippen LogP) is 4.61. The van der Waals surface area contributed by atoms with E-state index in [0.717, 1.165) is 0 Å². The van der Waals surface area contributed by atoms with Crippen molar-refractivity contribution in [2.24, 2.45) is 11.3 Å². The van der Waals surface area contributed by atoms with Gasteiger partial charge in [0, 0.05) is 19.2 Å². The molecule has 1 N–H and O–H groups in total. The number of methoxy groups -OCH3 is 1. The minimum Gasteiger partial charge on any atom is -0.467 e. The Labute approximate surface area is 174 Å². The second-order valence-electron chi connectivity index (χ2n) is 7.15. The van der Waals surface area contributed by atoms with Gasteiger partial charge in [-0.25, -0.2) is 4.79 Å². The first-order valence-electron chi connectivity index (χ1n) is 8.91. The van der Waals surface area contributed by atoms with Gasteiger partial charge in [0.05, 0.1) is 28.1 Å². The average molecular weight is 434 g/mol. The van der Waals surface area contributed by atoms with Crippen molar-refractivity contribution in [3.8, 4) is 5.75 Å². The fraction of sp³-hybridized carbons (Fsp3) is 0.579. The number of likely N-dealkylation sites (tertiary alicyclic amines) is 1. The Morgan fingerprint density at radius 3 is 2.57 bits per heavy atom. The van der Waals surface area contributed by atoms with Crippen LogP contribution in [-0.2, 0) is 14.3 Å². The summed E-state index contributed by atoms with van der Waals surface area (Å²) in [4.78, 5) is 25.6. The summed E-state index contributed by atoms with van der Waals surface area (Å²) in [5, 5.41) is 10.3. The van der Waals surface area contributed by atoms with Crippen molar-refractivity contribution in [1.29, 1.82) is 0 Å². The highest BCUT2D eigenvalue weighted by molar-refractivity contribution is 6.42. The number of hydrogen-bond acceptors (Lipinski definition) is 5. The number of carboxylic acid groups (broad SMARTS) is 1. The van der Waals surface area contributed by atoms with Gasteiger partial charge in [-0.15, -0.1) is 0 Å². The van der Waals surface area contributed by atoms with Gasteiger partial charge in [0.2, 0.25) is 0 Å². The molecule has 0 saturated carbocycles. The SMILES string of the molecule is CCOC(=O)C(C)(C)C1CC(c2c(OCOC)ccc(Cl)c2Cl)N(C(=O)O)C1. The lowest BCUT2D eigenvalue weighted by atomic mass is 9.77. The molecular formula is C19H25Cl2NO6. The summed E-state index contributed by atoms with van der Waals surface area (Å²) < 4.78 is 15.7. The van der Waals surface area contributed by atoms with Crippen LogP contribution in [0.4, 0.5) is 4.79 Å². The summed E-state index contributed by atoms with van der Waals surface area (Å²) in [6.07, 6.45) is -0.734. The Balaban J connectivity index is 2.45. The van der Waals surface area contributed by atoms with Crippen molar-refractivity contribution < 1.29 is 28.9 Å². The molecule has 1 aliphatic rings. The van der Waals surface area contributed by atoms with E-state index in [2.05, 4.69) is 0 Å². The van der Waals surface area contributed by atoms with E-state index in [1.165, 1.54) is 12.0 Å². The Bertz CT molecular complexity index is 739. The molecule has 2 unspecified atom stereocenters. The lowest BCUT2D eigenvalue weighted by Crippen LogP contribution is -2.37. The molecule has 1 saturated heterocycles. The Morgan fingerprint density at radius 1 is 1.32 bits per heavy atom. The summed E-state index contributed by atoms with van der Waals surface area (Å²) >= 11 is 12.6. The van der Waals surface area contributed by atoms with Crippen LogP contribution in [0.25, 0.3) is 0 Å². The normalized spacial score (nSPS) is 19.6. The molecule has 0 radical (unpaired) electrons. The number of hydrogen-bond donors (Lipinski definition) is 1. The molecule has 1 heterocycles. The highest BCUT2D eigenvalue weighted by Crippen LogP contribution is 2.49. The highest BCUT2D eigenvalue weighted by Gasteiger charge is 2.48. The molecule has 9 heteroatoms. The van der Waals surface area contributed by atoms with Gasteiger partial charge < -0.3 is 24.2 Å². The van der Waals surface area contributed by atoms with Gasteiger partial charge in [0.25, 0.3) is 0 Å². The molecule has 2 rings (SSSR count). The molecular weight excluding hydrogens is 409 g/mol. The van der Waals surface area contributed by atoms with Crippen molar-refractivity contribution in [3.63, 3.8) is 0 Å². The predicted molar refractivity (Wildman–Crippen MR) is 105 cm³/mol.